The van der Waals surface area contributed by atoms with E-state index in [1.54, 1.807) is 17.1 Å². The minimum absolute atomic E-state index is 0. The van der Waals surface area contributed by atoms with E-state index in [0.29, 0.717) is 12.2 Å². The average molecular weight is 359 g/mol. The Labute approximate surface area is 142 Å². The monoisotopic (exact) mass is 358 g/mol. The first-order chi connectivity index (χ1) is 10.9. The van der Waals surface area contributed by atoms with Crippen LogP contribution in [0.5, 0.6) is 5.75 Å². The van der Waals surface area contributed by atoms with Crippen molar-refractivity contribution in [1.82, 2.24) is 19.1 Å². The highest BCUT2D eigenvalue weighted by Gasteiger charge is 2.30. The third-order valence-electron chi connectivity index (χ3n) is 3.26. The van der Waals surface area contributed by atoms with E-state index in [9.17, 15) is 13.2 Å². The Morgan fingerprint density at radius 1 is 1.12 bits per heavy atom. The van der Waals surface area contributed by atoms with Crippen molar-refractivity contribution in [2.45, 2.75) is 19.8 Å². The normalized spacial score (nSPS) is 11.2. The van der Waals surface area contributed by atoms with Gasteiger partial charge in [-0.15, -0.1) is 25.6 Å². The van der Waals surface area contributed by atoms with Crippen molar-refractivity contribution in [2.75, 3.05) is 0 Å². The van der Waals surface area contributed by atoms with Gasteiger partial charge in [-0.25, -0.2) is 9.97 Å². The molecule has 24 heavy (non-hydrogen) atoms. The maximum atomic E-state index is 12.1. The SMILES string of the molecule is Cc1nccn1Cc1cn(-c2ccc(OC(F)(F)F)cc2)cn1.Cl. The third kappa shape index (κ3) is 4.29. The number of halogens is 4. The van der Waals surface area contributed by atoms with Crippen molar-refractivity contribution in [3.63, 3.8) is 0 Å². The second-order valence-corrected chi connectivity index (χ2v) is 4.92. The summed E-state index contributed by atoms with van der Waals surface area (Å²) >= 11 is 0. The lowest BCUT2D eigenvalue weighted by molar-refractivity contribution is -0.274. The van der Waals surface area contributed by atoms with Gasteiger partial charge in [-0.1, -0.05) is 0 Å². The van der Waals surface area contributed by atoms with Crippen LogP contribution in [0, 0.1) is 6.92 Å². The predicted octanol–water partition coefficient (Wildman–Crippen LogP) is 3.75. The van der Waals surface area contributed by atoms with Crippen molar-refractivity contribution in [3.8, 4) is 11.4 Å². The molecule has 2 aromatic heterocycles. The molecule has 0 aliphatic rings. The molecule has 0 aliphatic carbocycles. The van der Waals surface area contributed by atoms with Crippen LogP contribution in [-0.4, -0.2) is 25.5 Å². The predicted molar refractivity (Wildman–Crippen MR) is 83.6 cm³/mol. The van der Waals surface area contributed by atoms with E-state index in [0.717, 1.165) is 11.5 Å². The van der Waals surface area contributed by atoms with Gasteiger partial charge in [0.1, 0.15) is 11.6 Å². The molecule has 0 saturated heterocycles. The van der Waals surface area contributed by atoms with E-state index in [2.05, 4.69) is 14.7 Å². The topological polar surface area (TPSA) is 44.9 Å². The van der Waals surface area contributed by atoms with Crippen LogP contribution in [-0.2, 0) is 6.54 Å². The molecule has 128 valence electrons. The van der Waals surface area contributed by atoms with E-state index in [-0.39, 0.29) is 18.2 Å². The first kappa shape index (κ1) is 17.9. The Hall–Kier alpha value is -2.48. The standard InChI is InChI=1S/C15H13F3N4O.ClH/c1-11-19-6-7-21(11)8-12-9-22(10-20-12)13-2-4-14(5-3-13)23-15(16,17)18;/h2-7,9-10H,8H2,1H3;1H. The summed E-state index contributed by atoms with van der Waals surface area (Å²) in [6.45, 7) is 2.48. The minimum atomic E-state index is -4.69. The summed E-state index contributed by atoms with van der Waals surface area (Å²) in [6.07, 6.45) is 2.32. The lowest BCUT2D eigenvalue weighted by Gasteiger charge is -2.09. The molecule has 0 atom stereocenters. The van der Waals surface area contributed by atoms with Crippen molar-refractivity contribution < 1.29 is 17.9 Å². The van der Waals surface area contributed by atoms with Crippen LogP contribution in [0.1, 0.15) is 11.5 Å². The first-order valence-corrected chi connectivity index (χ1v) is 6.77. The highest BCUT2D eigenvalue weighted by atomic mass is 35.5. The number of alkyl halides is 3. The van der Waals surface area contributed by atoms with Gasteiger partial charge in [-0.3, -0.25) is 0 Å². The lowest BCUT2D eigenvalue weighted by Crippen LogP contribution is -2.17. The maximum Gasteiger partial charge on any atom is 0.573 e. The number of ether oxygens (including phenoxy) is 1. The summed E-state index contributed by atoms with van der Waals surface area (Å²) < 4.78 is 43.9. The molecule has 1 aromatic carbocycles. The summed E-state index contributed by atoms with van der Waals surface area (Å²) in [5.74, 6) is 0.629. The Morgan fingerprint density at radius 2 is 1.83 bits per heavy atom. The highest BCUT2D eigenvalue weighted by Crippen LogP contribution is 2.23. The van der Waals surface area contributed by atoms with E-state index in [1.807, 2.05) is 23.9 Å². The molecular formula is C15H14ClF3N4O. The fourth-order valence-corrected chi connectivity index (χ4v) is 2.15. The largest absolute Gasteiger partial charge is 0.573 e. The average Bonchev–Trinajstić information content (AvgIpc) is 3.09. The number of nitrogens with zero attached hydrogens (tertiary/aromatic N) is 4. The van der Waals surface area contributed by atoms with Crippen LogP contribution in [0.4, 0.5) is 13.2 Å². The van der Waals surface area contributed by atoms with Crippen LogP contribution >= 0.6 is 12.4 Å². The minimum Gasteiger partial charge on any atom is -0.406 e. The van der Waals surface area contributed by atoms with E-state index >= 15 is 0 Å². The summed E-state index contributed by atoms with van der Waals surface area (Å²) in [4.78, 5) is 8.43. The van der Waals surface area contributed by atoms with Gasteiger partial charge < -0.3 is 13.9 Å². The highest BCUT2D eigenvalue weighted by molar-refractivity contribution is 5.85. The summed E-state index contributed by atoms with van der Waals surface area (Å²) in [7, 11) is 0. The van der Waals surface area contributed by atoms with E-state index in [1.165, 1.54) is 24.3 Å². The van der Waals surface area contributed by atoms with Gasteiger partial charge in [0.2, 0.25) is 0 Å². The Balaban J connectivity index is 0.00000208. The molecule has 0 aliphatic heterocycles. The van der Waals surface area contributed by atoms with Crippen molar-refractivity contribution in [3.05, 3.63) is 60.7 Å². The Bertz CT molecular complexity index is 796. The first-order valence-electron chi connectivity index (χ1n) is 6.77. The summed E-state index contributed by atoms with van der Waals surface area (Å²) in [5, 5.41) is 0. The fourth-order valence-electron chi connectivity index (χ4n) is 2.15. The Kier molecular flexibility index (Phi) is 5.18. The van der Waals surface area contributed by atoms with Crippen LogP contribution in [0.25, 0.3) is 5.69 Å². The number of aromatic nitrogens is 4. The number of hydrogen-bond acceptors (Lipinski definition) is 3. The lowest BCUT2D eigenvalue weighted by atomic mass is 10.3. The van der Waals surface area contributed by atoms with Gasteiger partial charge in [0.15, 0.2) is 0 Å². The number of benzene rings is 1. The van der Waals surface area contributed by atoms with Gasteiger partial charge in [0, 0.05) is 24.3 Å². The van der Waals surface area contributed by atoms with Gasteiger partial charge in [-0.2, -0.15) is 0 Å². The zero-order valence-electron chi connectivity index (χ0n) is 12.6. The third-order valence-corrected chi connectivity index (χ3v) is 3.26. The van der Waals surface area contributed by atoms with Crippen molar-refractivity contribution in [1.29, 1.82) is 0 Å². The van der Waals surface area contributed by atoms with E-state index < -0.39 is 6.36 Å². The quantitative estimate of drug-likeness (QED) is 0.713. The molecule has 0 bridgehead atoms. The molecule has 9 heteroatoms. The summed E-state index contributed by atoms with van der Waals surface area (Å²) in [5.41, 5.74) is 1.52. The molecular weight excluding hydrogens is 345 g/mol. The molecule has 0 unspecified atom stereocenters. The van der Waals surface area contributed by atoms with Crippen molar-refractivity contribution in [2.24, 2.45) is 0 Å². The fraction of sp³-hybridized carbons (Fsp3) is 0.200. The molecule has 3 aromatic rings. The second kappa shape index (κ2) is 6.96. The molecule has 0 spiro atoms. The van der Waals surface area contributed by atoms with E-state index in [4.69, 9.17) is 0 Å². The molecule has 0 fully saturated rings. The maximum absolute atomic E-state index is 12.1. The van der Waals surface area contributed by atoms with Gasteiger partial charge >= 0.3 is 6.36 Å². The molecule has 0 N–H and O–H groups in total. The molecule has 0 saturated carbocycles. The molecule has 3 rings (SSSR count). The molecule has 0 amide bonds. The van der Waals surface area contributed by atoms with Crippen molar-refractivity contribution >= 4 is 12.4 Å². The molecule has 0 radical (unpaired) electrons. The van der Waals surface area contributed by atoms with Gasteiger partial charge in [0.05, 0.1) is 18.6 Å². The Morgan fingerprint density at radius 3 is 2.42 bits per heavy atom. The van der Waals surface area contributed by atoms with Gasteiger partial charge in [0.25, 0.3) is 0 Å². The second-order valence-electron chi connectivity index (χ2n) is 4.92. The number of rotatable bonds is 4. The van der Waals surface area contributed by atoms with Gasteiger partial charge in [-0.05, 0) is 31.2 Å². The smallest absolute Gasteiger partial charge is 0.406 e. The summed E-state index contributed by atoms with van der Waals surface area (Å²) in [6, 6.07) is 5.61. The van der Waals surface area contributed by atoms with Crippen LogP contribution < -0.4 is 4.74 Å². The number of hydrogen-bond donors (Lipinski definition) is 0. The van der Waals surface area contributed by atoms with Crippen LogP contribution in [0.15, 0.2) is 49.2 Å². The number of aryl methyl sites for hydroxylation is 1. The zero-order chi connectivity index (χ0) is 16.4. The molecule has 2 heterocycles. The molecule has 5 nitrogen and oxygen atoms in total. The number of imidazole rings is 2. The zero-order valence-corrected chi connectivity index (χ0v) is 13.4. The van der Waals surface area contributed by atoms with Crippen LogP contribution in [0.3, 0.4) is 0 Å². The van der Waals surface area contributed by atoms with Crippen LogP contribution in [0.2, 0.25) is 0 Å².